The fourth-order valence-electron chi connectivity index (χ4n) is 4.05. The van der Waals surface area contributed by atoms with Crippen molar-refractivity contribution in [1.82, 2.24) is 0 Å². The van der Waals surface area contributed by atoms with E-state index in [0.29, 0.717) is 5.29 Å². The number of ether oxygens (including phenoxy) is 1. The summed E-state index contributed by atoms with van der Waals surface area (Å²) in [6.07, 6.45) is 0. The Labute approximate surface area is 215 Å². The van der Waals surface area contributed by atoms with Crippen LogP contribution in [-0.2, 0) is 9.53 Å². The van der Waals surface area contributed by atoms with Crippen LogP contribution in [0.15, 0.2) is 121 Å². The molecule has 0 heterocycles. The summed E-state index contributed by atoms with van der Waals surface area (Å²) in [7, 11) is 0. The predicted molar refractivity (Wildman–Crippen MR) is 147 cm³/mol. The predicted octanol–water partition coefficient (Wildman–Crippen LogP) is 6.11. The van der Waals surface area contributed by atoms with Crippen LogP contribution in [0.25, 0.3) is 0 Å². The Hall–Kier alpha value is -2.48. The lowest BCUT2D eigenvalue weighted by Crippen LogP contribution is -2.35. The molecule has 2 nitrogen and oxygen atoms in total. The van der Waals surface area contributed by atoms with Gasteiger partial charge in [0.1, 0.15) is 6.61 Å². The van der Waals surface area contributed by atoms with E-state index in [1.54, 1.807) is 0 Å². The second kappa shape index (κ2) is 10.8. The molecule has 6 heteroatoms. The molecule has 0 amide bonds. The van der Waals surface area contributed by atoms with E-state index < -0.39 is 16.6 Å². The van der Waals surface area contributed by atoms with Crippen LogP contribution in [0.5, 0.6) is 0 Å². The molecule has 0 fully saturated rings. The number of benzene rings is 4. The maximum Gasteiger partial charge on any atom is 0.339 e. The molecule has 4 aromatic carbocycles. The van der Waals surface area contributed by atoms with Gasteiger partial charge in [-0.2, -0.15) is 0 Å². The smallest absolute Gasteiger partial charge is 0.339 e. The van der Waals surface area contributed by atoms with Crippen LogP contribution >= 0.6 is 41.7 Å². The minimum Gasteiger partial charge on any atom is -0.457 e. The van der Waals surface area contributed by atoms with Gasteiger partial charge in [0.25, 0.3) is 0 Å². The highest BCUT2D eigenvalue weighted by Crippen LogP contribution is 2.48. The van der Waals surface area contributed by atoms with Gasteiger partial charge in [0.15, 0.2) is 0 Å². The summed E-state index contributed by atoms with van der Waals surface area (Å²) in [6.45, 7) is -3.07. The van der Waals surface area contributed by atoms with Crippen LogP contribution in [-0.4, -0.2) is 21.7 Å². The highest BCUT2D eigenvalue weighted by atomic mass is 35.6. The lowest BCUT2D eigenvalue weighted by molar-refractivity contribution is -0.135. The summed E-state index contributed by atoms with van der Waals surface area (Å²) in [5.74, 6) is -0.512. The molecule has 0 bridgehead atoms. The molecular formula is C28H22Cl3O2P. The maximum absolute atomic E-state index is 13.9. The van der Waals surface area contributed by atoms with E-state index in [9.17, 15) is 4.79 Å². The molecule has 0 saturated carbocycles. The molecule has 0 radical (unpaired) electrons. The number of hydrogen-bond acceptors (Lipinski definition) is 2. The van der Waals surface area contributed by atoms with Crippen molar-refractivity contribution in [2.24, 2.45) is 0 Å². The molecule has 0 saturated heterocycles. The van der Waals surface area contributed by atoms with Gasteiger partial charge in [0.2, 0.25) is 3.79 Å². The van der Waals surface area contributed by atoms with Crippen molar-refractivity contribution in [3.8, 4) is 0 Å². The van der Waals surface area contributed by atoms with Crippen molar-refractivity contribution < 1.29 is 9.53 Å². The monoisotopic (exact) mass is 526 g/mol. The van der Waals surface area contributed by atoms with Crippen LogP contribution in [0.4, 0.5) is 0 Å². The van der Waals surface area contributed by atoms with Gasteiger partial charge in [-0.05, 0) is 28.4 Å². The average molecular weight is 528 g/mol. The fourth-order valence-corrected chi connectivity index (χ4v) is 8.62. The summed E-state index contributed by atoms with van der Waals surface area (Å²) in [5, 5.41) is 3.62. The van der Waals surface area contributed by atoms with E-state index in [0.717, 1.165) is 21.5 Å². The zero-order valence-electron chi connectivity index (χ0n) is 18.2. The highest BCUT2D eigenvalue weighted by molar-refractivity contribution is 7.96. The Bertz CT molecular complexity index is 1180. The number of carbonyl (C=O) groups is 1. The van der Waals surface area contributed by atoms with Crippen molar-refractivity contribution in [3.63, 3.8) is 0 Å². The largest absolute Gasteiger partial charge is 0.457 e. The second-order valence-corrected chi connectivity index (χ2v) is 13.4. The second-order valence-electron chi connectivity index (χ2n) is 7.58. The van der Waals surface area contributed by atoms with Crippen LogP contribution in [0.3, 0.4) is 0 Å². The van der Waals surface area contributed by atoms with E-state index in [1.807, 2.05) is 84.9 Å². The van der Waals surface area contributed by atoms with Crippen molar-refractivity contribution >= 4 is 68.9 Å². The molecule has 0 aliphatic rings. The summed E-state index contributed by atoms with van der Waals surface area (Å²) < 4.78 is 3.93. The number of halogens is 3. The summed E-state index contributed by atoms with van der Waals surface area (Å²) in [4.78, 5) is 13.9. The van der Waals surface area contributed by atoms with Gasteiger partial charge in [0.05, 0.1) is 5.29 Å². The molecule has 0 aliphatic carbocycles. The van der Waals surface area contributed by atoms with E-state index in [4.69, 9.17) is 39.5 Å². The van der Waals surface area contributed by atoms with Crippen molar-refractivity contribution in [3.05, 3.63) is 127 Å². The van der Waals surface area contributed by atoms with Gasteiger partial charge < -0.3 is 4.74 Å². The van der Waals surface area contributed by atoms with Gasteiger partial charge in [-0.15, -0.1) is 0 Å². The van der Waals surface area contributed by atoms with Crippen molar-refractivity contribution in [1.29, 1.82) is 0 Å². The van der Waals surface area contributed by atoms with E-state index in [1.165, 1.54) is 0 Å². The number of rotatable bonds is 6. The topological polar surface area (TPSA) is 26.3 Å². The number of hydrogen-bond donors (Lipinski definition) is 0. The molecular weight excluding hydrogens is 506 g/mol. The first-order chi connectivity index (χ1) is 16.4. The maximum atomic E-state index is 13.9. The molecule has 172 valence electrons. The first kappa shape index (κ1) is 24.6. The van der Waals surface area contributed by atoms with E-state index in [-0.39, 0.29) is 6.61 Å². The Kier molecular flexibility index (Phi) is 7.86. The third kappa shape index (κ3) is 5.27. The number of esters is 1. The Morgan fingerprint density at radius 2 is 0.971 bits per heavy atom. The molecule has 0 aliphatic heterocycles. The molecule has 0 spiro atoms. The third-order valence-corrected chi connectivity index (χ3v) is 10.0. The summed E-state index contributed by atoms with van der Waals surface area (Å²) >= 11 is 17.8. The van der Waals surface area contributed by atoms with Gasteiger partial charge in [-0.25, -0.2) is 4.79 Å². The summed E-state index contributed by atoms with van der Waals surface area (Å²) in [5.41, 5.74) is 0.765. The zero-order valence-corrected chi connectivity index (χ0v) is 21.3. The fraction of sp³-hybridized carbons (Fsp3) is 0.0714. The number of alkyl halides is 3. The highest BCUT2D eigenvalue weighted by Gasteiger charge is 2.35. The van der Waals surface area contributed by atoms with Crippen LogP contribution in [0.1, 0.15) is 5.56 Å². The van der Waals surface area contributed by atoms with Crippen LogP contribution < -0.4 is 15.9 Å². The molecule has 34 heavy (non-hydrogen) atoms. The average Bonchev–Trinajstić information content (AvgIpc) is 2.87. The first-order valence-corrected chi connectivity index (χ1v) is 13.6. The number of carbonyl (C=O) groups excluding carboxylic acids is 1. The van der Waals surface area contributed by atoms with E-state index in [2.05, 4.69) is 36.4 Å². The van der Waals surface area contributed by atoms with Crippen LogP contribution in [0.2, 0.25) is 0 Å². The SMILES string of the molecule is O=C(OCC(Cl)(Cl)Cl)C(c1ccccc1)=P(c1ccccc1)(c1ccccc1)c1ccccc1. The molecule has 0 N–H and O–H groups in total. The van der Waals surface area contributed by atoms with Crippen molar-refractivity contribution in [2.45, 2.75) is 3.79 Å². The van der Waals surface area contributed by atoms with Gasteiger partial charge in [-0.1, -0.05) is 156 Å². The molecule has 0 aromatic heterocycles. The molecule has 0 unspecified atom stereocenters. The summed E-state index contributed by atoms with van der Waals surface area (Å²) in [6, 6.07) is 39.9. The first-order valence-electron chi connectivity index (χ1n) is 10.7. The molecule has 0 atom stereocenters. The third-order valence-electron chi connectivity index (χ3n) is 5.37. The standard InChI is InChI=1S/C28H22Cl3O2P/c29-28(30,31)21-33-27(32)26(22-13-5-1-6-14-22)34(23-15-7-2-8-16-23,24-17-9-3-10-18-24)25-19-11-4-12-20-25/h1-20H,21H2. The lowest BCUT2D eigenvalue weighted by Gasteiger charge is -2.32. The normalized spacial score (nSPS) is 11.6. The van der Waals surface area contributed by atoms with Gasteiger partial charge in [-0.3, -0.25) is 0 Å². The lowest BCUT2D eigenvalue weighted by atomic mass is 10.1. The van der Waals surface area contributed by atoms with E-state index >= 15 is 0 Å². The minimum absolute atomic E-state index is 0.356. The minimum atomic E-state index is -2.71. The van der Waals surface area contributed by atoms with Crippen LogP contribution in [0, 0.1) is 0 Å². The quantitative estimate of drug-likeness (QED) is 0.172. The Morgan fingerprint density at radius 3 is 1.32 bits per heavy atom. The van der Waals surface area contributed by atoms with Crippen molar-refractivity contribution in [2.75, 3.05) is 6.61 Å². The Balaban J connectivity index is 2.20. The Morgan fingerprint density at radius 1 is 0.618 bits per heavy atom. The molecule has 4 aromatic rings. The van der Waals surface area contributed by atoms with Gasteiger partial charge in [0, 0.05) is 0 Å². The van der Waals surface area contributed by atoms with Gasteiger partial charge >= 0.3 is 5.97 Å². The zero-order chi connectivity index (χ0) is 24.0. The molecule has 4 rings (SSSR count).